The third-order valence-corrected chi connectivity index (χ3v) is 19.4. The second kappa shape index (κ2) is 6.16. The lowest BCUT2D eigenvalue weighted by Gasteiger charge is -2.33. The molecule has 0 radical (unpaired) electrons. The number of rotatable bonds is 6. The van der Waals surface area contributed by atoms with Gasteiger partial charge in [0.2, 0.25) is 0 Å². The maximum Gasteiger partial charge on any atom is 0.0470 e. The summed E-state index contributed by atoms with van der Waals surface area (Å²) in [4.78, 5) is 0. The van der Waals surface area contributed by atoms with Gasteiger partial charge in [0.15, 0.2) is 0 Å². The Morgan fingerprint density at radius 1 is 1.17 bits per heavy atom. The predicted molar refractivity (Wildman–Crippen MR) is 69.8 cm³/mol. The quantitative estimate of drug-likeness (QED) is 0.600. The Hall–Kier alpha value is 0.651. The van der Waals surface area contributed by atoms with Gasteiger partial charge in [-0.2, -0.15) is 0 Å². The third kappa shape index (κ3) is 3.58. The molecule has 3 heteroatoms. The van der Waals surface area contributed by atoms with E-state index in [1.54, 1.807) is 11.3 Å². The van der Waals surface area contributed by atoms with Gasteiger partial charge in [-0.15, -0.1) is 0 Å². The lowest BCUT2D eigenvalue weighted by Crippen LogP contribution is -2.37. The summed E-state index contributed by atoms with van der Waals surface area (Å²) in [5.41, 5.74) is 4.52. The normalized spacial score (nSPS) is 20.8. The standard InChI is InChI=1S/C9H26Si3/c1-6-9(2)12(5,7-10-3)8-11-4/h9H,6-8,10-11H2,1-5H3. The Morgan fingerprint density at radius 3 is 1.83 bits per heavy atom. The first-order valence-electron chi connectivity index (χ1n) is 5.60. The molecular formula is C9H26Si3. The van der Waals surface area contributed by atoms with Crippen LogP contribution in [0.25, 0.3) is 0 Å². The smallest absolute Gasteiger partial charge is 0.0470 e. The highest BCUT2D eigenvalue weighted by atomic mass is 28.4. The molecule has 0 aliphatic heterocycles. The Kier molecular flexibility index (Phi) is 6.49. The van der Waals surface area contributed by atoms with Crippen molar-refractivity contribution in [2.75, 3.05) is 0 Å². The summed E-state index contributed by atoms with van der Waals surface area (Å²) < 4.78 is 0. The minimum absolute atomic E-state index is 0.321. The van der Waals surface area contributed by atoms with Gasteiger partial charge < -0.3 is 0 Å². The molecule has 0 heterocycles. The first-order chi connectivity index (χ1) is 5.60. The molecule has 0 aromatic carbocycles. The van der Waals surface area contributed by atoms with Crippen LogP contribution in [-0.4, -0.2) is 27.1 Å². The average molecular weight is 219 g/mol. The van der Waals surface area contributed by atoms with E-state index in [9.17, 15) is 0 Å². The molecule has 0 bridgehead atoms. The van der Waals surface area contributed by atoms with Gasteiger partial charge in [0.1, 0.15) is 0 Å². The summed E-state index contributed by atoms with van der Waals surface area (Å²) in [6.45, 7) is 12.6. The van der Waals surface area contributed by atoms with Gasteiger partial charge in [0.25, 0.3) is 0 Å². The molecule has 12 heavy (non-hydrogen) atoms. The fourth-order valence-electron chi connectivity index (χ4n) is 2.25. The van der Waals surface area contributed by atoms with E-state index in [0.29, 0.717) is 19.0 Å². The highest BCUT2D eigenvalue weighted by molar-refractivity contribution is 6.91. The average Bonchev–Trinajstić information content (AvgIpc) is 2.04. The summed E-state index contributed by atoms with van der Waals surface area (Å²) in [5, 5.41) is 0. The number of hydrogen-bond donors (Lipinski definition) is 0. The molecule has 0 amide bonds. The lowest BCUT2D eigenvalue weighted by molar-refractivity contribution is 0.838. The SMILES string of the molecule is CCC(C)[Si](C)(C[SiH2]C)C[SiH2]C. The van der Waals surface area contributed by atoms with E-state index in [1.807, 2.05) is 0 Å². The predicted octanol–water partition coefficient (Wildman–Crippen LogP) is 2.21. The molecular weight excluding hydrogens is 192 g/mol. The van der Waals surface area contributed by atoms with Crippen LogP contribution in [0.15, 0.2) is 0 Å². The molecule has 0 nitrogen and oxygen atoms in total. The first kappa shape index (κ1) is 12.7. The monoisotopic (exact) mass is 218 g/mol. The highest BCUT2D eigenvalue weighted by Gasteiger charge is 2.30. The zero-order valence-corrected chi connectivity index (χ0v) is 13.4. The zero-order valence-electron chi connectivity index (χ0n) is 9.61. The summed E-state index contributed by atoms with van der Waals surface area (Å²) in [6, 6.07) is 0. The molecule has 74 valence electrons. The van der Waals surface area contributed by atoms with Crippen LogP contribution in [0, 0.1) is 0 Å². The molecule has 0 aromatic heterocycles. The molecule has 1 unspecified atom stereocenters. The van der Waals surface area contributed by atoms with Crippen molar-refractivity contribution >= 4 is 27.1 Å². The second-order valence-electron chi connectivity index (χ2n) is 4.46. The van der Waals surface area contributed by atoms with E-state index in [1.165, 1.54) is 6.42 Å². The van der Waals surface area contributed by atoms with Crippen molar-refractivity contribution in [3.05, 3.63) is 0 Å². The fourth-order valence-corrected chi connectivity index (χ4v) is 19.6. The van der Waals surface area contributed by atoms with Gasteiger partial charge in [-0.25, -0.2) is 0 Å². The van der Waals surface area contributed by atoms with Crippen LogP contribution < -0.4 is 0 Å². The van der Waals surface area contributed by atoms with Crippen LogP contribution in [0.4, 0.5) is 0 Å². The summed E-state index contributed by atoms with van der Waals surface area (Å²) >= 11 is 0. The van der Waals surface area contributed by atoms with Crippen molar-refractivity contribution in [3.8, 4) is 0 Å². The van der Waals surface area contributed by atoms with Crippen molar-refractivity contribution in [2.45, 2.75) is 56.8 Å². The van der Waals surface area contributed by atoms with E-state index in [0.717, 1.165) is 5.54 Å². The molecule has 0 saturated heterocycles. The van der Waals surface area contributed by atoms with E-state index < -0.39 is 8.07 Å². The van der Waals surface area contributed by atoms with Gasteiger partial charge in [0, 0.05) is 27.1 Å². The summed E-state index contributed by atoms with van der Waals surface area (Å²) in [6.07, 6.45) is 1.44. The number of hydrogen-bond acceptors (Lipinski definition) is 0. The first-order valence-corrected chi connectivity index (χ1v) is 13.4. The topological polar surface area (TPSA) is 0 Å². The van der Waals surface area contributed by atoms with Crippen LogP contribution in [0.5, 0.6) is 0 Å². The summed E-state index contributed by atoms with van der Waals surface area (Å²) in [5.74, 6) is 0. The van der Waals surface area contributed by atoms with E-state index >= 15 is 0 Å². The summed E-state index contributed by atoms with van der Waals surface area (Å²) in [7, 11) is -0.0866. The molecule has 1 atom stereocenters. The minimum Gasteiger partial charge on any atom is -0.0750 e. The maximum absolute atomic E-state index is 2.67. The molecule has 0 aliphatic rings. The molecule has 0 aromatic rings. The molecule has 0 rings (SSSR count). The Bertz CT molecular complexity index is 108. The fraction of sp³-hybridized carbons (Fsp3) is 1.00. The molecule has 0 N–H and O–H groups in total. The molecule has 0 spiro atoms. The van der Waals surface area contributed by atoms with E-state index in [2.05, 4.69) is 33.5 Å². The van der Waals surface area contributed by atoms with Gasteiger partial charge in [-0.3, -0.25) is 0 Å². The Morgan fingerprint density at radius 2 is 1.58 bits per heavy atom. The highest BCUT2D eigenvalue weighted by Crippen LogP contribution is 2.30. The Labute approximate surface area is 84.2 Å². The third-order valence-electron chi connectivity index (χ3n) is 3.44. The van der Waals surface area contributed by atoms with E-state index in [-0.39, 0.29) is 0 Å². The van der Waals surface area contributed by atoms with Crippen molar-refractivity contribution in [1.29, 1.82) is 0 Å². The Balaban J connectivity index is 4.15. The van der Waals surface area contributed by atoms with Crippen molar-refractivity contribution in [1.82, 2.24) is 0 Å². The van der Waals surface area contributed by atoms with Crippen molar-refractivity contribution in [3.63, 3.8) is 0 Å². The molecule has 0 fully saturated rings. The van der Waals surface area contributed by atoms with E-state index in [4.69, 9.17) is 0 Å². The van der Waals surface area contributed by atoms with Gasteiger partial charge in [-0.1, -0.05) is 51.2 Å². The maximum atomic E-state index is 2.67. The van der Waals surface area contributed by atoms with Gasteiger partial charge in [0.05, 0.1) is 0 Å². The van der Waals surface area contributed by atoms with Crippen LogP contribution in [0.2, 0.25) is 36.5 Å². The minimum atomic E-state index is -0.729. The molecule has 0 saturated carbocycles. The molecule has 0 aliphatic carbocycles. The van der Waals surface area contributed by atoms with Crippen molar-refractivity contribution in [2.24, 2.45) is 0 Å². The van der Waals surface area contributed by atoms with Gasteiger partial charge in [-0.05, 0) is 5.54 Å². The lowest BCUT2D eigenvalue weighted by atomic mass is 10.4. The van der Waals surface area contributed by atoms with Crippen LogP contribution in [-0.2, 0) is 0 Å². The zero-order chi connectivity index (χ0) is 9.61. The van der Waals surface area contributed by atoms with Crippen LogP contribution >= 0.6 is 0 Å². The van der Waals surface area contributed by atoms with Crippen LogP contribution in [0.3, 0.4) is 0 Å². The van der Waals surface area contributed by atoms with Gasteiger partial charge >= 0.3 is 0 Å². The largest absolute Gasteiger partial charge is 0.0750 e. The van der Waals surface area contributed by atoms with Crippen LogP contribution in [0.1, 0.15) is 20.3 Å². The second-order valence-corrected chi connectivity index (χ2v) is 14.8. The van der Waals surface area contributed by atoms with Crippen molar-refractivity contribution < 1.29 is 0 Å².